The Labute approximate surface area is 119 Å². The Morgan fingerprint density at radius 1 is 1.20 bits per heavy atom. The monoisotopic (exact) mass is 268 g/mol. The van der Waals surface area contributed by atoms with Gasteiger partial charge in [0.05, 0.1) is 5.69 Å². The molecule has 20 heavy (non-hydrogen) atoms. The smallest absolute Gasteiger partial charge is 0.216 e. The van der Waals surface area contributed by atoms with Crippen molar-refractivity contribution in [2.24, 2.45) is 0 Å². The minimum Gasteiger partial charge on any atom is -0.355 e. The van der Waals surface area contributed by atoms with Crippen molar-refractivity contribution in [2.75, 3.05) is 6.54 Å². The van der Waals surface area contributed by atoms with E-state index >= 15 is 0 Å². The van der Waals surface area contributed by atoms with Crippen LogP contribution in [0.3, 0.4) is 0 Å². The summed E-state index contributed by atoms with van der Waals surface area (Å²) >= 11 is 0. The number of rotatable bonds is 3. The minimum absolute atomic E-state index is 0.0312. The molecule has 3 nitrogen and oxygen atoms in total. The molecule has 3 heteroatoms. The zero-order valence-electron chi connectivity index (χ0n) is 11.9. The number of benzene rings is 1. The van der Waals surface area contributed by atoms with Crippen molar-refractivity contribution in [1.29, 1.82) is 0 Å². The Morgan fingerprint density at radius 3 is 2.85 bits per heavy atom. The summed E-state index contributed by atoms with van der Waals surface area (Å²) in [5, 5.41) is 2.87. The highest BCUT2D eigenvalue weighted by atomic mass is 16.1. The first-order valence-corrected chi connectivity index (χ1v) is 7.26. The number of nitrogens with zero attached hydrogens (tertiary/aromatic N) is 1. The lowest BCUT2D eigenvalue weighted by molar-refractivity contribution is -0.118. The molecule has 1 amide bonds. The van der Waals surface area contributed by atoms with E-state index in [2.05, 4.69) is 46.4 Å². The van der Waals surface area contributed by atoms with Gasteiger partial charge in [-0.1, -0.05) is 24.3 Å². The number of fused-ring (bicyclic) bond motifs is 3. The van der Waals surface area contributed by atoms with Gasteiger partial charge in [-0.2, -0.15) is 0 Å². The van der Waals surface area contributed by atoms with Crippen LogP contribution in [-0.4, -0.2) is 17.0 Å². The van der Waals surface area contributed by atoms with Crippen molar-refractivity contribution < 1.29 is 4.79 Å². The second-order valence-corrected chi connectivity index (χ2v) is 5.38. The Bertz CT molecular complexity index is 628. The lowest BCUT2D eigenvalue weighted by Gasteiger charge is -2.13. The summed E-state index contributed by atoms with van der Waals surface area (Å²) in [6.45, 7) is 3.06. The van der Waals surface area contributed by atoms with Gasteiger partial charge in [-0.25, -0.2) is 0 Å². The predicted molar refractivity (Wildman–Crippen MR) is 80.6 cm³/mol. The highest BCUT2D eigenvalue weighted by Crippen LogP contribution is 2.33. The van der Waals surface area contributed by atoms with Gasteiger partial charge in [-0.15, -0.1) is 0 Å². The molecular weight excluding hydrogens is 248 g/mol. The number of hydrogen-bond donors (Lipinski definition) is 1. The van der Waals surface area contributed by atoms with E-state index in [0.29, 0.717) is 6.54 Å². The van der Waals surface area contributed by atoms with Gasteiger partial charge in [0, 0.05) is 31.8 Å². The standard InChI is InChI=1S/C17H20N2O/c1-13(20)18-10-12-19-11-9-15-7-4-6-14-5-2-3-8-16(14)17(15)19/h2-3,5,8-9,11H,4,6-7,10,12H2,1H3,(H,18,20). The number of aromatic nitrogens is 1. The number of nitrogens with one attached hydrogen (secondary N) is 1. The second-order valence-electron chi connectivity index (χ2n) is 5.38. The number of carbonyl (C=O) groups is 1. The maximum Gasteiger partial charge on any atom is 0.216 e. The van der Waals surface area contributed by atoms with Gasteiger partial charge in [-0.05, 0) is 36.5 Å². The lowest BCUT2D eigenvalue weighted by atomic mass is 10.0. The van der Waals surface area contributed by atoms with Crippen LogP contribution in [0.4, 0.5) is 0 Å². The lowest BCUT2D eigenvalue weighted by Crippen LogP contribution is -2.24. The van der Waals surface area contributed by atoms with E-state index in [1.807, 2.05) is 0 Å². The molecule has 0 atom stereocenters. The van der Waals surface area contributed by atoms with Crippen molar-refractivity contribution in [3.8, 4) is 11.3 Å². The van der Waals surface area contributed by atoms with E-state index in [1.54, 1.807) is 6.92 Å². The Morgan fingerprint density at radius 2 is 2.00 bits per heavy atom. The van der Waals surface area contributed by atoms with Crippen LogP contribution in [0, 0.1) is 0 Å². The number of amides is 1. The summed E-state index contributed by atoms with van der Waals surface area (Å²) in [7, 11) is 0. The molecule has 0 spiro atoms. The molecule has 104 valence electrons. The van der Waals surface area contributed by atoms with Crippen molar-refractivity contribution in [1.82, 2.24) is 9.88 Å². The molecule has 0 saturated carbocycles. The first kappa shape index (κ1) is 13.0. The average Bonchev–Trinajstić information content (AvgIpc) is 2.73. The Hall–Kier alpha value is -2.03. The van der Waals surface area contributed by atoms with E-state index in [0.717, 1.165) is 19.4 Å². The van der Waals surface area contributed by atoms with Crippen LogP contribution < -0.4 is 5.32 Å². The van der Waals surface area contributed by atoms with Crippen molar-refractivity contribution in [2.45, 2.75) is 32.7 Å². The summed E-state index contributed by atoms with van der Waals surface area (Å²) in [6.07, 6.45) is 5.64. The summed E-state index contributed by atoms with van der Waals surface area (Å²) in [5.41, 5.74) is 5.56. The van der Waals surface area contributed by atoms with E-state index in [4.69, 9.17) is 0 Å². The third-order valence-corrected chi connectivity index (χ3v) is 3.94. The van der Waals surface area contributed by atoms with Crippen molar-refractivity contribution >= 4 is 5.91 Å². The van der Waals surface area contributed by atoms with Gasteiger partial charge in [0.25, 0.3) is 0 Å². The Balaban J connectivity index is 1.94. The van der Waals surface area contributed by atoms with E-state index in [-0.39, 0.29) is 5.91 Å². The highest BCUT2D eigenvalue weighted by Gasteiger charge is 2.17. The first-order chi connectivity index (χ1) is 9.75. The van der Waals surface area contributed by atoms with Gasteiger partial charge >= 0.3 is 0 Å². The molecule has 1 aliphatic carbocycles. The molecule has 0 radical (unpaired) electrons. The summed E-state index contributed by atoms with van der Waals surface area (Å²) in [4.78, 5) is 11.0. The van der Waals surface area contributed by atoms with Crippen LogP contribution >= 0.6 is 0 Å². The van der Waals surface area contributed by atoms with Gasteiger partial charge in [0.1, 0.15) is 0 Å². The molecule has 0 saturated heterocycles. The van der Waals surface area contributed by atoms with Crippen LogP contribution in [-0.2, 0) is 24.2 Å². The first-order valence-electron chi connectivity index (χ1n) is 7.26. The Kier molecular flexibility index (Phi) is 3.59. The van der Waals surface area contributed by atoms with E-state index in [1.165, 1.54) is 28.8 Å². The average molecular weight is 268 g/mol. The molecule has 0 bridgehead atoms. The van der Waals surface area contributed by atoms with Crippen LogP contribution in [0.25, 0.3) is 11.3 Å². The predicted octanol–water partition coefficient (Wildman–Crippen LogP) is 2.78. The van der Waals surface area contributed by atoms with Gasteiger partial charge < -0.3 is 9.88 Å². The third kappa shape index (κ3) is 2.48. The van der Waals surface area contributed by atoms with Crippen LogP contribution in [0.5, 0.6) is 0 Å². The molecule has 0 unspecified atom stereocenters. The highest BCUT2D eigenvalue weighted by molar-refractivity contribution is 5.72. The van der Waals surface area contributed by atoms with Crippen LogP contribution in [0.2, 0.25) is 0 Å². The fraction of sp³-hybridized carbons (Fsp3) is 0.353. The SMILES string of the molecule is CC(=O)NCCn1ccc2c1-c1ccccc1CCC2. The molecule has 1 aromatic carbocycles. The maximum absolute atomic E-state index is 11.0. The van der Waals surface area contributed by atoms with Crippen molar-refractivity contribution in [3.63, 3.8) is 0 Å². The summed E-state index contributed by atoms with van der Waals surface area (Å²) in [6, 6.07) is 10.9. The molecule has 1 aromatic heterocycles. The van der Waals surface area contributed by atoms with Gasteiger partial charge in [-0.3, -0.25) is 4.79 Å². The molecule has 1 N–H and O–H groups in total. The number of carbonyl (C=O) groups excluding carboxylic acids is 1. The molecule has 0 fully saturated rings. The van der Waals surface area contributed by atoms with E-state index < -0.39 is 0 Å². The zero-order valence-corrected chi connectivity index (χ0v) is 11.9. The number of aryl methyl sites for hydroxylation is 2. The van der Waals surface area contributed by atoms with Gasteiger partial charge in [0.2, 0.25) is 5.91 Å². The van der Waals surface area contributed by atoms with Gasteiger partial charge in [0.15, 0.2) is 0 Å². The topological polar surface area (TPSA) is 34.0 Å². The maximum atomic E-state index is 11.0. The normalized spacial score (nSPS) is 13.2. The minimum atomic E-state index is 0.0312. The fourth-order valence-electron chi connectivity index (χ4n) is 3.02. The largest absolute Gasteiger partial charge is 0.355 e. The fourth-order valence-corrected chi connectivity index (χ4v) is 3.02. The molecule has 2 aromatic rings. The van der Waals surface area contributed by atoms with Crippen LogP contribution in [0.1, 0.15) is 24.5 Å². The molecule has 0 aliphatic heterocycles. The number of hydrogen-bond acceptors (Lipinski definition) is 1. The zero-order chi connectivity index (χ0) is 13.9. The summed E-state index contributed by atoms with van der Waals surface area (Å²) < 4.78 is 2.27. The second kappa shape index (κ2) is 5.53. The molecule has 1 aliphatic rings. The molecule has 1 heterocycles. The van der Waals surface area contributed by atoms with Crippen molar-refractivity contribution in [3.05, 3.63) is 47.7 Å². The van der Waals surface area contributed by atoms with Crippen LogP contribution in [0.15, 0.2) is 36.5 Å². The quantitative estimate of drug-likeness (QED) is 0.912. The summed E-state index contributed by atoms with van der Waals surface area (Å²) in [5.74, 6) is 0.0312. The third-order valence-electron chi connectivity index (χ3n) is 3.94. The molecule has 3 rings (SSSR count). The van der Waals surface area contributed by atoms with E-state index in [9.17, 15) is 4.79 Å². The molecular formula is C17H20N2O.